The molecule has 16 nitrogen and oxygen atoms in total. The maximum atomic E-state index is 14.2. The van der Waals surface area contributed by atoms with Gasteiger partial charge in [-0.15, -0.1) is 11.8 Å². The van der Waals surface area contributed by atoms with Gasteiger partial charge in [-0.1, -0.05) is 60.1 Å². The standard InChI is InChI=1S/C50H50ClN7O9S2/c1-30-45-43(57(21-10-22-59)48(30)50(60)66-6)20-19-40(51)47(45)46-31(2)55(3)53-42(46)29-69(63,64)54-41-14-9-12-34(49(41)58(61)62)23-35-25-36(56(4)52-35)28-68-38-24-33-11-7-8-13-39(33)44(26-38)67-27-32-15-17-37(65-5)18-16-32/h7-9,11-20,24-26,54,59H,10,21-23,27-29H2,1-6H3. The van der Waals surface area contributed by atoms with Gasteiger partial charge >= 0.3 is 5.97 Å². The number of fused-ring (bicyclic) bond motifs is 2. The van der Waals surface area contributed by atoms with Crippen molar-refractivity contribution in [3.05, 3.63) is 157 Å². The highest BCUT2D eigenvalue weighted by atomic mass is 35.5. The van der Waals surface area contributed by atoms with E-state index in [-0.39, 0.29) is 40.7 Å². The lowest BCUT2D eigenvalue weighted by atomic mass is 9.97. The minimum absolute atomic E-state index is 0.0562. The fourth-order valence-corrected chi connectivity index (χ4v) is 11.0. The Morgan fingerprint density at radius 1 is 0.942 bits per heavy atom. The molecule has 0 saturated carbocycles. The highest BCUT2D eigenvalue weighted by molar-refractivity contribution is 7.98. The van der Waals surface area contributed by atoms with Crippen LogP contribution in [0.3, 0.4) is 0 Å². The number of hydrogen-bond donors (Lipinski definition) is 2. The Bertz CT molecular complexity index is 3370. The van der Waals surface area contributed by atoms with Crippen LogP contribution >= 0.6 is 23.4 Å². The number of aliphatic hydroxyl groups excluding tert-OH is 1. The number of nitro groups is 1. The summed E-state index contributed by atoms with van der Waals surface area (Å²) in [6.07, 6.45) is 0.417. The molecule has 69 heavy (non-hydrogen) atoms. The molecule has 0 unspecified atom stereocenters. The molecule has 2 N–H and O–H groups in total. The monoisotopic (exact) mass is 991 g/mol. The summed E-state index contributed by atoms with van der Waals surface area (Å²) in [5, 5.41) is 34.6. The Balaban J connectivity index is 1.03. The number of carbonyl (C=O) groups excluding carboxylic acids is 1. The number of para-hydroxylation sites is 1. The lowest BCUT2D eigenvalue weighted by molar-refractivity contribution is -0.384. The van der Waals surface area contributed by atoms with Gasteiger partial charge in [-0.25, -0.2) is 13.2 Å². The zero-order valence-electron chi connectivity index (χ0n) is 38.8. The van der Waals surface area contributed by atoms with Gasteiger partial charge in [-0.05, 0) is 85.3 Å². The number of anilines is 1. The lowest BCUT2D eigenvalue weighted by Crippen LogP contribution is -2.17. The van der Waals surface area contributed by atoms with Gasteiger partial charge in [0.2, 0.25) is 10.0 Å². The number of benzene rings is 5. The molecule has 0 bridgehead atoms. The Kier molecular flexibility index (Phi) is 14.4. The van der Waals surface area contributed by atoms with Gasteiger partial charge < -0.3 is 23.9 Å². The SMILES string of the molecule is COC(=O)c1c(C)c2c(-c3c(CS(=O)(=O)Nc4cccc(Cc5cc(CSc6cc(OCc7ccc(OC)cc7)c7ccccc7c6)n(C)n5)c4[N+](=O)[O-])nn(C)c3C)c(Cl)ccc2n1CCCO. The molecule has 0 amide bonds. The Morgan fingerprint density at radius 3 is 2.43 bits per heavy atom. The number of ether oxygens (including phenoxy) is 3. The van der Waals surface area contributed by atoms with Crippen molar-refractivity contribution in [3.8, 4) is 22.6 Å². The second-order valence-electron chi connectivity index (χ2n) is 16.5. The maximum absolute atomic E-state index is 14.2. The normalized spacial score (nSPS) is 11.7. The third-order valence-electron chi connectivity index (χ3n) is 12.0. The summed E-state index contributed by atoms with van der Waals surface area (Å²) in [4.78, 5) is 26.3. The van der Waals surface area contributed by atoms with E-state index >= 15 is 0 Å². The Hall–Kier alpha value is -6.86. The number of carbonyl (C=O) groups is 1. The first kappa shape index (κ1) is 48.6. The summed E-state index contributed by atoms with van der Waals surface area (Å²) in [5.74, 6) is 0.821. The number of aryl methyl sites for hydroxylation is 4. The molecular weight excluding hydrogens is 942 g/mol. The predicted octanol–water partition coefficient (Wildman–Crippen LogP) is 9.69. The zero-order chi connectivity index (χ0) is 49.1. The maximum Gasteiger partial charge on any atom is 0.354 e. The van der Waals surface area contributed by atoms with Crippen LogP contribution in [-0.2, 0) is 59.9 Å². The van der Waals surface area contributed by atoms with Crippen molar-refractivity contribution < 1.29 is 37.5 Å². The van der Waals surface area contributed by atoms with Crippen LogP contribution in [0, 0.1) is 24.0 Å². The number of aromatic nitrogens is 5. The molecule has 19 heteroatoms. The molecule has 0 aliphatic carbocycles. The first-order valence-electron chi connectivity index (χ1n) is 21.8. The average molecular weight is 993 g/mol. The fourth-order valence-electron chi connectivity index (χ4n) is 8.68. The molecular formula is C50H50ClN7O9S2. The van der Waals surface area contributed by atoms with Gasteiger partial charge in [0.05, 0.1) is 30.5 Å². The second kappa shape index (κ2) is 20.4. The van der Waals surface area contributed by atoms with Gasteiger partial charge in [0, 0.05) is 93.7 Å². The largest absolute Gasteiger partial charge is 0.497 e. The van der Waals surface area contributed by atoms with E-state index in [1.807, 2.05) is 67.7 Å². The van der Waals surface area contributed by atoms with Crippen LogP contribution in [0.4, 0.5) is 11.4 Å². The fraction of sp³-hybridized carbons (Fsp3) is 0.260. The third kappa shape index (κ3) is 10.2. The molecule has 3 heterocycles. The molecule has 0 aliphatic heterocycles. The van der Waals surface area contributed by atoms with Crippen LogP contribution in [0.15, 0.2) is 102 Å². The molecule has 0 aliphatic rings. The first-order chi connectivity index (χ1) is 33.1. The van der Waals surface area contributed by atoms with Crippen molar-refractivity contribution in [2.45, 2.75) is 56.2 Å². The van der Waals surface area contributed by atoms with Crippen molar-refractivity contribution in [3.63, 3.8) is 0 Å². The number of hydrogen-bond acceptors (Lipinski definition) is 12. The van der Waals surface area contributed by atoms with E-state index in [0.717, 1.165) is 38.4 Å². The van der Waals surface area contributed by atoms with Gasteiger partial charge in [0.25, 0.3) is 5.69 Å². The highest BCUT2D eigenvalue weighted by Gasteiger charge is 2.30. The minimum Gasteiger partial charge on any atom is -0.497 e. The number of sulfonamides is 1. The molecule has 358 valence electrons. The molecule has 5 aromatic carbocycles. The van der Waals surface area contributed by atoms with E-state index in [1.165, 1.54) is 17.9 Å². The van der Waals surface area contributed by atoms with Gasteiger partial charge in [-0.2, -0.15) is 10.2 Å². The summed E-state index contributed by atoms with van der Waals surface area (Å²) in [6, 6.07) is 29.7. The summed E-state index contributed by atoms with van der Waals surface area (Å²) in [6.45, 7) is 4.11. The van der Waals surface area contributed by atoms with Crippen LogP contribution < -0.4 is 14.2 Å². The number of nitro benzene ring substituents is 1. The van der Waals surface area contributed by atoms with Gasteiger partial charge in [0.1, 0.15) is 35.2 Å². The minimum atomic E-state index is -4.37. The number of aliphatic hydroxyl groups is 1. The number of methoxy groups -OCH3 is 2. The topological polar surface area (TPSA) is 195 Å². The number of thioether (sulfide) groups is 1. The Morgan fingerprint density at radius 2 is 1.71 bits per heavy atom. The molecule has 3 aromatic heterocycles. The molecule has 8 aromatic rings. The number of halogens is 1. The van der Waals surface area contributed by atoms with Crippen molar-refractivity contribution >= 4 is 72.4 Å². The van der Waals surface area contributed by atoms with Crippen LogP contribution in [0.25, 0.3) is 32.8 Å². The third-order valence-corrected chi connectivity index (χ3v) is 14.5. The van der Waals surface area contributed by atoms with Gasteiger partial charge in [-0.3, -0.25) is 24.2 Å². The molecule has 0 saturated heterocycles. The summed E-state index contributed by atoms with van der Waals surface area (Å²) in [7, 11) is 2.04. The average Bonchev–Trinajstić information content (AvgIpc) is 3.92. The first-order valence-corrected chi connectivity index (χ1v) is 24.9. The van der Waals surface area contributed by atoms with E-state index in [4.69, 9.17) is 30.9 Å². The number of nitrogens with one attached hydrogen (secondary N) is 1. The molecule has 0 radical (unpaired) electrons. The quantitative estimate of drug-likeness (QED) is 0.0338. The molecule has 0 atom stereocenters. The second-order valence-corrected chi connectivity index (χ2v) is 19.6. The van der Waals surface area contributed by atoms with Crippen molar-refractivity contribution in [2.24, 2.45) is 14.1 Å². The van der Waals surface area contributed by atoms with E-state index in [2.05, 4.69) is 15.9 Å². The van der Waals surface area contributed by atoms with E-state index in [9.17, 15) is 28.4 Å². The smallest absolute Gasteiger partial charge is 0.354 e. The lowest BCUT2D eigenvalue weighted by Gasteiger charge is -2.13. The summed E-state index contributed by atoms with van der Waals surface area (Å²) >= 11 is 8.55. The van der Waals surface area contributed by atoms with Crippen molar-refractivity contribution in [2.75, 3.05) is 25.5 Å². The Labute approximate surface area is 408 Å². The van der Waals surface area contributed by atoms with Crippen molar-refractivity contribution in [1.82, 2.24) is 24.1 Å². The number of esters is 1. The van der Waals surface area contributed by atoms with E-state index in [1.54, 1.807) is 73.3 Å². The number of nitrogens with zero attached hydrogens (tertiary/aromatic N) is 6. The van der Waals surface area contributed by atoms with Crippen LogP contribution in [-0.4, -0.2) is 69.4 Å². The summed E-state index contributed by atoms with van der Waals surface area (Å²) < 4.78 is 52.6. The van der Waals surface area contributed by atoms with Crippen molar-refractivity contribution in [1.29, 1.82) is 0 Å². The predicted molar refractivity (Wildman–Crippen MR) is 268 cm³/mol. The number of rotatable bonds is 19. The van der Waals surface area contributed by atoms with Crippen LogP contribution in [0.2, 0.25) is 5.02 Å². The van der Waals surface area contributed by atoms with E-state index < -0.39 is 32.4 Å². The van der Waals surface area contributed by atoms with Crippen LogP contribution in [0.1, 0.15) is 56.4 Å². The molecule has 8 rings (SSSR count). The molecule has 0 spiro atoms. The van der Waals surface area contributed by atoms with E-state index in [0.29, 0.717) is 64.3 Å². The summed E-state index contributed by atoms with van der Waals surface area (Å²) in [5.41, 5.74) is 5.19. The molecule has 0 fully saturated rings. The highest BCUT2D eigenvalue weighted by Crippen LogP contribution is 2.43. The van der Waals surface area contributed by atoms with Crippen LogP contribution in [0.5, 0.6) is 11.5 Å². The zero-order valence-corrected chi connectivity index (χ0v) is 41.2. The van der Waals surface area contributed by atoms with Gasteiger partial charge in [0.15, 0.2) is 0 Å².